The van der Waals surface area contributed by atoms with Gasteiger partial charge in [-0.3, -0.25) is 4.79 Å². The zero-order valence-electron chi connectivity index (χ0n) is 14.1. The van der Waals surface area contributed by atoms with Crippen LogP contribution in [-0.2, 0) is 21.2 Å². The van der Waals surface area contributed by atoms with Crippen molar-refractivity contribution in [3.05, 3.63) is 57.6 Å². The molecule has 8 heteroatoms. The molecule has 138 valence electrons. The number of halogens is 2. The maximum Gasteiger partial charge on any atom is 0.241 e. The maximum atomic E-state index is 12.7. The number of carbonyl (C=O) groups excluding carboxylic acids is 1. The van der Waals surface area contributed by atoms with Gasteiger partial charge < -0.3 is 5.32 Å². The van der Waals surface area contributed by atoms with E-state index in [1.54, 1.807) is 37.3 Å². The van der Waals surface area contributed by atoms with E-state index in [4.69, 9.17) is 23.2 Å². The number of amides is 1. The summed E-state index contributed by atoms with van der Waals surface area (Å²) >= 11 is 11.9. The van der Waals surface area contributed by atoms with Crippen LogP contribution >= 0.6 is 23.2 Å². The zero-order chi connectivity index (χ0) is 18.9. The van der Waals surface area contributed by atoms with E-state index < -0.39 is 16.1 Å². The second-order valence-corrected chi connectivity index (χ2v) is 8.77. The van der Waals surface area contributed by atoms with Gasteiger partial charge in [-0.25, -0.2) is 13.1 Å². The smallest absolute Gasteiger partial charge is 0.241 e. The fourth-order valence-corrected chi connectivity index (χ4v) is 4.46. The zero-order valence-corrected chi connectivity index (χ0v) is 16.4. The Labute approximate surface area is 162 Å². The number of carbonyl (C=O) groups is 1. The van der Waals surface area contributed by atoms with Crippen molar-refractivity contribution in [3.63, 3.8) is 0 Å². The fraction of sp³-hybridized carbons (Fsp3) is 0.278. The van der Waals surface area contributed by atoms with Crippen molar-refractivity contribution in [2.45, 2.75) is 37.1 Å². The molecule has 2 N–H and O–H groups in total. The molecule has 1 aliphatic heterocycles. The topological polar surface area (TPSA) is 75.3 Å². The minimum absolute atomic E-state index is 0.0503. The quantitative estimate of drug-likeness (QED) is 0.785. The van der Waals surface area contributed by atoms with Gasteiger partial charge >= 0.3 is 0 Å². The van der Waals surface area contributed by atoms with Gasteiger partial charge in [0, 0.05) is 18.2 Å². The Balaban J connectivity index is 1.85. The average Bonchev–Trinajstić information content (AvgIpc) is 2.76. The lowest BCUT2D eigenvalue weighted by Gasteiger charge is -2.16. The van der Waals surface area contributed by atoms with E-state index in [2.05, 4.69) is 10.0 Å². The molecule has 0 unspecified atom stereocenters. The number of fused-ring (bicyclic) bond motifs is 1. The van der Waals surface area contributed by atoms with Gasteiger partial charge in [-0.15, -0.1) is 0 Å². The molecule has 0 saturated carbocycles. The first-order valence-electron chi connectivity index (χ1n) is 8.16. The summed E-state index contributed by atoms with van der Waals surface area (Å²) in [6.45, 7) is 1.74. The monoisotopic (exact) mass is 412 g/mol. The van der Waals surface area contributed by atoms with Crippen LogP contribution in [0.3, 0.4) is 0 Å². The first-order valence-corrected chi connectivity index (χ1v) is 10.4. The summed E-state index contributed by atoms with van der Waals surface area (Å²) in [7, 11) is -3.73. The Hall–Kier alpha value is -1.60. The highest BCUT2D eigenvalue weighted by molar-refractivity contribution is 7.89. The molecule has 0 radical (unpaired) electrons. The van der Waals surface area contributed by atoms with E-state index >= 15 is 0 Å². The Morgan fingerprint density at radius 2 is 1.85 bits per heavy atom. The molecular formula is C18H18Cl2N2O3S. The number of nitrogens with one attached hydrogen (secondary N) is 2. The van der Waals surface area contributed by atoms with Crippen LogP contribution in [0.4, 0.5) is 5.69 Å². The molecule has 0 bridgehead atoms. The van der Waals surface area contributed by atoms with Gasteiger partial charge in [0.2, 0.25) is 15.9 Å². The third-order valence-corrected chi connectivity index (χ3v) is 6.56. The lowest BCUT2D eigenvalue weighted by molar-refractivity contribution is -0.116. The van der Waals surface area contributed by atoms with Gasteiger partial charge in [0.15, 0.2) is 0 Å². The number of hydrogen-bond donors (Lipinski definition) is 2. The minimum Gasteiger partial charge on any atom is -0.326 e. The van der Waals surface area contributed by atoms with E-state index in [1.807, 2.05) is 0 Å². The van der Waals surface area contributed by atoms with Crippen LogP contribution in [0.2, 0.25) is 10.0 Å². The molecule has 3 rings (SSSR count). The first-order chi connectivity index (χ1) is 12.3. The lowest BCUT2D eigenvalue weighted by Crippen LogP contribution is -2.27. The molecule has 1 heterocycles. The number of aryl methyl sites for hydroxylation is 1. The molecule has 0 aliphatic carbocycles. The van der Waals surface area contributed by atoms with Crippen LogP contribution in [0.25, 0.3) is 0 Å². The SMILES string of the molecule is C[C@@H](NS(=O)(=O)c1ccc2c(c1)CCCC(=O)N2)c1ccc(Cl)c(Cl)c1. The van der Waals surface area contributed by atoms with Crippen LogP contribution < -0.4 is 10.0 Å². The van der Waals surface area contributed by atoms with Crippen LogP contribution in [0.5, 0.6) is 0 Å². The highest BCUT2D eigenvalue weighted by Gasteiger charge is 2.21. The molecule has 0 saturated heterocycles. The Morgan fingerprint density at radius 3 is 2.58 bits per heavy atom. The standard InChI is InChI=1S/C18H18Cl2N2O3S/c1-11(12-5-7-15(19)16(20)10-12)22-26(24,25)14-6-8-17-13(9-14)3-2-4-18(23)21-17/h5-11,22H,2-4H2,1H3,(H,21,23)/t11-/m1/s1. The lowest BCUT2D eigenvalue weighted by atomic mass is 10.1. The summed E-state index contributed by atoms with van der Waals surface area (Å²) in [6.07, 6.45) is 1.78. The van der Waals surface area contributed by atoms with Gasteiger partial charge in [0.1, 0.15) is 0 Å². The van der Waals surface area contributed by atoms with Crippen molar-refractivity contribution in [3.8, 4) is 0 Å². The highest BCUT2D eigenvalue weighted by atomic mass is 35.5. The van der Waals surface area contributed by atoms with Gasteiger partial charge in [-0.1, -0.05) is 29.3 Å². The van der Waals surface area contributed by atoms with Crippen molar-refractivity contribution < 1.29 is 13.2 Å². The van der Waals surface area contributed by atoms with E-state index in [0.717, 1.165) is 5.56 Å². The summed E-state index contributed by atoms with van der Waals surface area (Å²) in [4.78, 5) is 11.8. The normalized spacial score (nSPS) is 15.7. The molecule has 0 spiro atoms. The second-order valence-electron chi connectivity index (χ2n) is 6.24. The van der Waals surface area contributed by atoms with Crippen molar-refractivity contribution in [2.75, 3.05) is 5.32 Å². The summed E-state index contributed by atoms with van der Waals surface area (Å²) in [5.74, 6) is -0.0503. The van der Waals surface area contributed by atoms with Crippen molar-refractivity contribution in [2.24, 2.45) is 0 Å². The van der Waals surface area contributed by atoms with E-state index in [0.29, 0.717) is 40.6 Å². The molecule has 0 aromatic heterocycles. The first kappa shape index (κ1) is 19.2. The van der Waals surface area contributed by atoms with Crippen LogP contribution in [0.15, 0.2) is 41.3 Å². The fourth-order valence-electron chi connectivity index (χ4n) is 2.87. The van der Waals surface area contributed by atoms with Crippen molar-refractivity contribution in [1.82, 2.24) is 4.72 Å². The van der Waals surface area contributed by atoms with Gasteiger partial charge in [0.05, 0.1) is 14.9 Å². The predicted octanol–water partition coefficient (Wildman–Crippen LogP) is 4.31. The third kappa shape index (κ3) is 4.20. The summed E-state index contributed by atoms with van der Waals surface area (Å²) in [5.41, 5.74) is 2.20. The number of sulfonamides is 1. The Morgan fingerprint density at radius 1 is 1.08 bits per heavy atom. The van der Waals surface area contributed by atoms with Crippen LogP contribution in [0, 0.1) is 0 Å². The summed E-state index contributed by atoms with van der Waals surface area (Å²) < 4.78 is 28.1. The molecule has 26 heavy (non-hydrogen) atoms. The molecule has 1 aliphatic rings. The number of anilines is 1. The number of hydrogen-bond acceptors (Lipinski definition) is 3. The third-order valence-electron chi connectivity index (χ3n) is 4.29. The minimum atomic E-state index is -3.73. The van der Waals surface area contributed by atoms with E-state index in [1.165, 1.54) is 6.07 Å². The van der Waals surface area contributed by atoms with Crippen molar-refractivity contribution in [1.29, 1.82) is 0 Å². The molecule has 1 atom stereocenters. The molecule has 2 aromatic rings. The largest absolute Gasteiger partial charge is 0.326 e. The summed E-state index contributed by atoms with van der Waals surface area (Å²) in [5, 5.41) is 3.58. The maximum absolute atomic E-state index is 12.7. The molecule has 1 amide bonds. The van der Waals surface area contributed by atoms with Gasteiger partial charge in [-0.05, 0) is 61.2 Å². The highest BCUT2D eigenvalue weighted by Crippen LogP contribution is 2.28. The Bertz CT molecular complexity index is 961. The van der Waals surface area contributed by atoms with Gasteiger partial charge in [-0.2, -0.15) is 0 Å². The van der Waals surface area contributed by atoms with Crippen LogP contribution in [-0.4, -0.2) is 14.3 Å². The molecule has 5 nitrogen and oxygen atoms in total. The Kier molecular flexibility index (Phi) is 5.58. The van der Waals surface area contributed by atoms with E-state index in [-0.39, 0.29) is 10.8 Å². The van der Waals surface area contributed by atoms with E-state index in [9.17, 15) is 13.2 Å². The second kappa shape index (κ2) is 7.56. The summed E-state index contributed by atoms with van der Waals surface area (Å²) in [6, 6.07) is 9.27. The number of benzene rings is 2. The average molecular weight is 413 g/mol. The van der Waals surface area contributed by atoms with Crippen LogP contribution in [0.1, 0.15) is 36.9 Å². The number of rotatable bonds is 4. The molecular weight excluding hydrogens is 395 g/mol. The predicted molar refractivity (Wildman–Crippen MR) is 103 cm³/mol. The van der Waals surface area contributed by atoms with Gasteiger partial charge in [0.25, 0.3) is 0 Å². The molecule has 2 aromatic carbocycles. The molecule has 0 fully saturated rings. The van der Waals surface area contributed by atoms with Crippen molar-refractivity contribution >= 4 is 44.8 Å².